The summed E-state index contributed by atoms with van der Waals surface area (Å²) in [6.07, 6.45) is 2.65. The minimum absolute atomic E-state index is 0.0207. The van der Waals surface area contributed by atoms with E-state index in [-0.39, 0.29) is 11.7 Å². The number of fused-ring (bicyclic) bond motifs is 1. The average Bonchev–Trinajstić information content (AvgIpc) is 2.72. The third-order valence-corrected chi connectivity index (χ3v) is 3.10. The van der Waals surface area contributed by atoms with Gasteiger partial charge in [0, 0.05) is 23.6 Å². The van der Waals surface area contributed by atoms with Gasteiger partial charge in [0.15, 0.2) is 0 Å². The Morgan fingerprint density at radius 3 is 3.06 bits per heavy atom. The van der Waals surface area contributed by atoms with Gasteiger partial charge in [-0.25, -0.2) is 0 Å². The molecule has 0 aliphatic rings. The first-order valence-corrected chi connectivity index (χ1v) is 6.44. The number of alkyl halides is 1. The third-order valence-electron chi connectivity index (χ3n) is 2.59. The number of rotatable bonds is 4. The van der Waals surface area contributed by atoms with E-state index in [1.165, 1.54) is 0 Å². The van der Waals surface area contributed by atoms with Crippen LogP contribution in [0.4, 0.5) is 0 Å². The Kier molecular flexibility index (Phi) is 3.68. The summed E-state index contributed by atoms with van der Waals surface area (Å²) >= 11 is 3.09. The van der Waals surface area contributed by atoms with Gasteiger partial charge in [-0.3, -0.25) is 4.79 Å². The van der Waals surface area contributed by atoms with Crippen molar-refractivity contribution >= 4 is 32.7 Å². The number of phenolic OH excluding ortho intramolecular Hbond substituents is 1. The van der Waals surface area contributed by atoms with Gasteiger partial charge in [-0.1, -0.05) is 15.9 Å². The number of aromatic nitrogens is 1. The lowest BCUT2D eigenvalue weighted by Crippen LogP contribution is -2.26. The van der Waals surface area contributed by atoms with Crippen LogP contribution >= 0.6 is 15.9 Å². The number of benzene rings is 1. The van der Waals surface area contributed by atoms with Crippen molar-refractivity contribution in [3.8, 4) is 5.75 Å². The van der Waals surface area contributed by atoms with Crippen molar-refractivity contribution in [1.29, 1.82) is 0 Å². The molecular weight excluding hydrogens is 284 g/mol. The zero-order valence-corrected chi connectivity index (χ0v) is 10.8. The number of carbonyl (C=O) groups excluding carboxylic acids is 1. The first-order chi connectivity index (χ1) is 8.20. The maximum absolute atomic E-state index is 11.1. The molecule has 1 aromatic heterocycles. The molecular formula is C12H13BrN2O2. The maximum Gasteiger partial charge on any atom is 0.230 e. The molecule has 1 aromatic carbocycles. The topological polar surface area (TPSA) is 65.1 Å². The standard InChI is InChI=1S/C12H13BrN2O2/c13-6-12(17)14-4-3-8-7-15-11-2-1-9(16)5-10(8)11/h1-2,5,7,15-16H,3-4,6H2,(H,14,17). The highest BCUT2D eigenvalue weighted by Gasteiger charge is 2.05. The summed E-state index contributed by atoms with van der Waals surface area (Å²) in [7, 11) is 0. The molecule has 0 aliphatic heterocycles. The van der Waals surface area contributed by atoms with Crippen molar-refractivity contribution < 1.29 is 9.90 Å². The highest BCUT2D eigenvalue weighted by atomic mass is 79.9. The predicted octanol–water partition coefficient (Wildman–Crippen LogP) is 1.93. The van der Waals surface area contributed by atoms with E-state index in [0.29, 0.717) is 11.9 Å². The number of aromatic amines is 1. The molecule has 1 amide bonds. The summed E-state index contributed by atoms with van der Waals surface area (Å²) in [4.78, 5) is 14.2. The molecule has 0 bridgehead atoms. The zero-order chi connectivity index (χ0) is 12.3. The fourth-order valence-corrected chi connectivity index (χ4v) is 1.96. The molecule has 1 heterocycles. The molecule has 0 saturated carbocycles. The quantitative estimate of drug-likeness (QED) is 0.755. The number of halogens is 1. The van der Waals surface area contributed by atoms with Gasteiger partial charge >= 0.3 is 0 Å². The van der Waals surface area contributed by atoms with Gasteiger partial charge in [-0.05, 0) is 30.2 Å². The van der Waals surface area contributed by atoms with Crippen molar-refractivity contribution in [2.75, 3.05) is 11.9 Å². The van der Waals surface area contributed by atoms with Gasteiger partial charge < -0.3 is 15.4 Å². The monoisotopic (exact) mass is 296 g/mol. The second kappa shape index (κ2) is 5.23. The number of aromatic hydroxyl groups is 1. The molecule has 2 rings (SSSR count). The molecule has 0 saturated heterocycles. The van der Waals surface area contributed by atoms with Crippen molar-refractivity contribution in [2.24, 2.45) is 0 Å². The lowest BCUT2D eigenvalue weighted by atomic mass is 10.1. The lowest BCUT2D eigenvalue weighted by molar-refractivity contribution is -0.118. The molecule has 17 heavy (non-hydrogen) atoms. The largest absolute Gasteiger partial charge is 0.508 e. The zero-order valence-electron chi connectivity index (χ0n) is 9.16. The van der Waals surface area contributed by atoms with Gasteiger partial charge in [0.2, 0.25) is 5.91 Å². The van der Waals surface area contributed by atoms with Crippen LogP contribution in [0.3, 0.4) is 0 Å². The maximum atomic E-state index is 11.1. The Labute approximate surface area is 107 Å². The van der Waals surface area contributed by atoms with E-state index in [9.17, 15) is 9.90 Å². The highest BCUT2D eigenvalue weighted by molar-refractivity contribution is 9.09. The first-order valence-electron chi connectivity index (χ1n) is 5.32. The fourth-order valence-electron chi connectivity index (χ4n) is 1.76. The Balaban J connectivity index is 2.08. The van der Waals surface area contributed by atoms with E-state index in [1.807, 2.05) is 12.3 Å². The van der Waals surface area contributed by atoms with E-state index in [4.69, 9.17) is 0 Å². The molecule has 4 nitrogen and oxygen atoms in total. The third kappa shape index (κ3) is 2.79. The normalized spacial score (nSPS) is 10.6. The number of H-pyrrole nitrogens is 1. The molecule has 0 spiro atoms. The van der Waals surface area contributed by atoms with Gasteiger partial charge in [0.25, 0.3) is 0 Å². The molecule has 0 unspecified atom stereocenters. The fraction of sp³-hybridized carbons (Fsp3) is 0.250. The molecule has 0 atom stereocenters. The van der Waals surface area contributed by atoms with Crippen LogP contribution in [0.15, 0.2) is 24.4 Å². The van der Waals surface area contributed by atoms with Crippen LogP contribution in [-0.4, -0.2) is 27.9 Å². The minimum atomic E-state index is -0.0207. The predicted molar refractivity (Wildman–Crippen MR) is 70.5 cm³/mol. The Bertz CT molecular complexity index is 536. The van der Waals surface area contributed by atoms with Crippen LogP contribution in [0.1, 0.15) is 5.56 Å². The average molecular weight is 297 g/mol. The molecule has 0 radical (unpaired) electrons. The Morgan fingerprint density at radius 1 is 1.47 bits per heavy atom. The summed E-state index contributed by atoms with van der Waals surface area (Å²) in [6, 6.07) is 5.22. The van der Waals surface area contributed by atoms with Gasteiger partial charge in [-0.15, -0.1) is 0 Å². The number of nitrogens with one attached hydrogen (secondary N) is 2. The van der Waals surface area contributed by atoms with Crippen LogP contribution in [0, 0.1) is 0 Å². The number of amides is 1. The van der Waals surface area contributed by atoms with Crippen molar-refractivity contribution in [1.82, 2.24) is 10.3 Å². The van der Waals surface area contributed by atoms with Crippen molar-refractivity contribution in [2.45, 2.75) is 6.42 Å². The van der Waals surface area contributed by atoms with Crippen LogP contribution < -0.4 is 5.32 Å². The highest BCUT2D eigenvalue weighted by Crippen LogP contribution is 2.22. The molecule has 2 aromatic rings. The van der Waals surface area contributed by atoms with E-state index in [1.54, 1.807) is 12.1 Å². The van der Waals surface area contributed by atoms with Crippen molar-refractivity contribution in [3.63, 3.8) is 0 Å². The molecule has 0 aliphatic carbocycles. The second-order valence-corrected chi connectivity index (χ2v) is 4.34. The molecule has 5 heteroatoms. The summed E-state index contributed by atoms with van der Waals surface area (Å²) in [5.41, 5.74) is 2.08. The van der Waals surface area contributed by atoms with Crippen LogP contribution in [0.5, 0.6) is 5.75 Å². The van der Waals surface area contributed by atoms with Gasteiger partial charge in [0.05, 0.1) is 5.33 Å². The molecule has 90 valence electrons. The minimum Gasteiger partial charge on any atom is -0.508 e. The smallest absolute Gasteiger partial charge is 0.230 e. The summed E-state index contributed by atoms with van der Waals surface area (Å²) in [6.45, 7) is 0.590. The lowest BCUT2D eigenvalue weighted by Gasteiger charge is -2.02. The first kappa shape index (κ1) is 12.0. The van der Waals surface area contributed by atoms with Gasteiger partial charge in [-0.2, -0.15) is 0 Å². The number of hydrogen-bond acceptors (Lipinski definition) is 2. The summed E-state index contributed by atoms with van der Waals surface area (Å²) in [5, 5.41) is 13.5. The molecule has 0 fully saturated rings. The number of hydrogen-bond donors (Lipinski definition) is 3. The van der Waals surface area contributed by atoms with E-state index < -0.39 is 0 Å². The number of phenols is 1. The Hall–Kier alpha value is -1.49. The van der Waals surface area contributed by atoms with Crippen molar-refractivity contribution in [3.05, 3.63) is 30.0 Å². The van der Waals surface area contributed by atoms with E-state index in [0.717, 1.165) is 22.9 Å². The number of carbonyl (C=O) groups is 1. The SMILES string of the molecule is O=C(CBr)NCCc1c[nH]c2ccc(O)cc12. The Morgan fingerprint density at radius 2 is 2.29 bits per heavy atom. The van der Waals surface area contributed by atoms with Crippen LogP contribution in [-0.2, 0) is 11.2 Å². The van der Waals surface area contributed by atoms with E-state index >= 15 is 0 Å². The van der Waals surface area contributed by atoms with Gasteiger partial charge in [0.1, 0.15) is 5.75 Å². The second-order valence-electron chi connectivity index (χ2n) is 3.78. The van der Waals surface area contributed by atoms with Crippen LogP contribution in [0.2, 0.25) is 0 Å². The molecule has 3 N–H and O–H groups in total. The van der Waals surface area contributed by atoms with Crippen LogP contribution in [0.25, 0.3) is 10.9 Å². The summed E-state index contributed by atoms with van der Waals surface area (Å²) < 4.78 is 0. The summed E-state index contributed by atoms with van der Waals surface area (Å²) in [5.74, 6) is 0.232. The van der Waals surface area contributed by atoms with E-state index in [2.05, 4.69) is 26.2 Å².